The number of hydrogen-bond acceptors (Lipinski definition) is 3. The van der Waals surface area contributed by atoms with E-state index < -0.39 is 5.60 Å². The minimum Gasteiger partial charge on any atom is -0.394 e. The molecule has 1 unspecified atom stereocenters. The van der Waals surface area contributed by atoms with Crippen LogP contribution < -0.4 is 0 Å². The first kappa shape index (κ1) is 13.1. The fourth-order valence-corrected chi connectivity index (χ4v) is 2.70. The zero-order valence-electron chi connectivity index (χ0n) is 10.9. The Labute approximate surface area is 108 Å². The quantitative estimate of drug-likeness (QED) is 0.890. The maximum absolute atomic E-state index is 9.53. The molecule has 1 N–H and O–H groups in total. The third kappa shape index (κ3) is 2.03. The third-order valence-electron chi connectivity index (χ3n) is 3.81. The van der Waals surface area contributed by atoms with Crippen molar-refractivity contribution in [1.29, 1.82) is 5.26 Å². The van der Waals surface area contributed by atoms with E-state index in [-0.39, 0.29) is 18.6 Å². The van der Waals surface area contributed by atoms with Gasteiger partial charge in [-0.25, -0.2) is 0 Å². The Kier molecular flexibility index (Phi) is 3.43. The maximum Gasteiger partial charge on any atom is 0.179 e. The minimum atomic E-state index is -0.894. The van der Waals surface area contributed by atoms with Crippen LogP contribution in [0.2, 0.25) is 0 Å². The average molecular weight is 245 g/mol. The summed E-state index contributed by atoms with van der Waals surface area (Å²) in [6, 6.07) is 10.3. The van der Waals surface area contributed by atoms with Gasteiger partial charge in [0.05, 0.1) is 13.2 Å². The summed E-state index contributed by atoms with van der Waals surface area (Å²) in [7, 11) is 0. The Bertz CT molecular complexity index is 476. The van der Waals surface area contributed by atoms with Crippen LogP contribution in [0.1, 0.15) is 37.8 Å². The van der Waals surface area contributed by atoms with Crippen molar-refractivity contribution in [2.45, 2.75) is 37.7 Å². The molecule has 0 spiro atoms. The van der Waals surface area contributed by atoms with Gasteiger partial charge in [-0.05, 0) is 23.8 Å². The molecule has 3 nitrogen and oxygen atoms in total. The lowest BCUT2D eigenvalue weighted by Gasteiger charge is -2.41. The molecule has 0 aromatic heterocycles. The predicted octanol–water partition coefficient (Wildman–Crippen LogP) is 2.49. The van der Waals surface area contributed by atoms with Crippen LogP contribution in [0.5, 0.6) is 0 Å². The van der Waals surface area contributed by atoms with Gasteiger partial charge in [0, 0.05) is 5.56 Å². The average Bonchev–Trinajstić information content (AvgIpc) is 2.39. The second-order valence-electron chi connectivity index (χ2n) is 5.44. The molecule has 0 radical (unpaired) electrons. The molecule has 0 aliphatic heterocycles. The molecule has 0 heterocycles. The summed E-state index contributed by atoms with van der Waals surface area (Å²) in [5, 5.41) is 18.5. The summed E-state index contributed by atoms with van der Waals surface area (Å²) < 4.78 is 5.68. The minimum absolute atomic E-state index is 0.0605. The highest BCUT2D eigenvalue weighted by Crippen LogP contribution is 2.46. The van der Waals surface area contributed by atoms with Gasteiger partial charge < -0.3 is 9.84 Å². The van der Waals surface area contributed by atoms with Gasteiger partial charge in [-0.15, -0.1) is 0 Å². The molecule has 2 rings (SSSR count). The number of fused-ring (bicyclic) bond motifs is 1. The van der Waals surface area contributed by atoms with E-state index in [1.807, 2.05) is 18.2 Å². The molecule has 1 aliphatic rings. The summed E-state index contributed by atoms with van der Waals surface area (Å²) >= 11 is 0. The highest BCUT2D eigenvalue weighted by atomic mass is 16.5. The van der Waals surface area contributed by atoms with Gasteiger partial charge in [-0.1, -0.05) is 38.1 Å². The van der Waals surface area contributed by atoms with Gasteiger partial charge in [0.1, 0.15) is 6.07 Å². The van der Waals surface area contributed by atoms with Crippen LogP contribution in [0, 0.1) is 11.3 Å². The van der Waals surface area contributed by atoms with Gasteiger partial charge in [0.25, 0.3) is 0 Å². The second-order valence-corrected chi connectivity index (χ2v) is 5.44. The van der Waals surface area contributed by atoms with E-state index in [1.165, 1.54) is 5.56 Å². The summed E-state index contributed by atoms with van der Waals surface area (Å²) in [5.74, 6) is 0. The Hall–Kier alpha value is -1.37. The standard InChI is InChI=1S/C15H19NO2/c1-14(2)7-8-15(11-16,18-10-9-17)13-6-4-3-5-12(13)14/h3-6,17H,7-10H2,1-2H3. The SMILES string of the molecule is CC1(C)CCC(C#N)(OCCO)c2ccccc21. The molecule has 1 aromatic carbocycles. The van der Waals surface area contributed by atoms with Crippen LogP contribution in [-0.2, 0) is 15.8 Å². The molecule has 1 atom stereocenters. The van der Waals surface area contributed by atoms with E-state index in [2.05, 4.69) is 26.0 Å². The monoisotopic (exact) mass is 245 g/mol. The Morgan fingerprint density at radius 3 is 2.56 bits per heavy atom. The molecule has 1 aliphatic carbocycles. The van der Waals surface area contributed by atoms with E-state index in [1.54, 1.807) is 0 Å². The van der Waals surface area contributed by atoms with Crippen molar-refractivity contribution in [3.8, 4) is 6.07 Å². The van der Waals surface area contributed by atoms with E-state index >= 15 is 0 Å². The number of nitrogens with zero attached hydrogens (tertiary/aromatic N) is 1. The number of ether oxygens (including phenoxy) is 1. The van der Waals surface area contributed by atoms with Crippen molar-refractivity contribution in [3.63, 3.8) is 0 Å². The molecule has 0 amide bonds. The highest BCUT2D eigenvalue weighted by molar-refractivity contribution is 5.43. The van der Waals surface area contributed by atoms with Gasteiger partial charge >= 0.3 is 0 Å². The van der Waals surface area contributed by atoms with E-state index in [9.17, 15) is 5.26 Å². The fourth-order valence-electron chi connectivity index (χ4n) is 2.70. The zero-order valence-corrected chi connectivity index (χ0v) is 10.9. The number of nitriles is 1. The van der Waals surface area contributed by atoms with Crippen molar-refractivity contribution in [2.24, 2.45) is 0 Å². The summed E-state index contributed by atoms with van der Waals surface area (Å²) in [4.78, 5) is 0. The lowest BCUT2D eigenvalue weighted by Crippen LogP contribution is -2.39. The predicted molar refractivity (Wildman–Crippen MR) is 69.0 cm³/mol. The van der Waals surface area contributed by atoms with Crippen LogP contribution in [0.4, 0.5) is 0 Å². The normalized spacial score (nSPS) is 25.2. The molecule has 3 heteroatoms. The molecule has 0 bridgehead atoms. The fraction of sp³-hybridized carbons (Fsp3) is 0.533. The lowest BCUT2D eigenvalue weighted by atomic mass is 9.67. The van der Waals surface area contributed by atoms with Gasteiger partial charge in [-0.3, -0.25) is 0 Å². The van der Waals surface area contributed by atoms with Gasteiger partial charge in [-0.2, -0.15) is 5.26 Å². The molecule has 96 valence electrons. The Balaban J connectivity index is 2.50. The molecule has 0 fully saturated rings. The molecular formula is C15H19NO2. The van der Waals surface area contributed by atoms with Crippen molar-refractivity contribution < 1.29 is 9.84 Å². The number of hydrogen-bond donors (Lipinski definition) is 1. The van der Waals surface area contributed by atoms with Crippen molar-refractivity contribution in [2.75, 3.05) is 13.2 Å². The van der Waals surface area contributed by atoms with E-state index in [0.29, 0.717) is 6.42 Å². The largest absolute Gasteiger partial charge is 0.394 e. The summed E-state index contributed by atoms with van der Waals surface area (Å²) in [6.07, 6.45) is 1.58. The zero-order chi connectivity index (χ0) is 13.2. The number of benzene rings is 1. The molecule has 1 aromatic rings. The Morgan fingerprint density at radius 1 is 1.28 bits per heavy atom. The van der Waals surface area contributed by atoms with Crippen LogP contribution in [0.25, 0.3) is 0 Å². The van der Waals surface area contributed by atoms with Crippen molar-refractivity contribution in [3.05, 3.63) is 35.4 Å². The topological polar surface area (TPSA) is 53.2 Å². The second kappa shape index (κ2) is 4.72. The number of aliphatic hydroxyl groups excluding tert-OH is 1. The van der Waals surface area contributed by atoms with E-state index in [4.69, 9.17) is 9.84 Å². The number of aliphatic hydroxyl groups is 1. The summed E-state index contributed by atoms with van der Waals surface area (Å²) in [6.45, 7) is 4.52. The van der Waals surface area contributed by atoms with Gasteiger partial charge in [0.15, 0.2) is 5.60 Å². The van der Waals surface area contributed by atoms with Crippen LogP contribution in [-0.4, -0.2) is 18.3 Å². The Morgan fingerprint density at radius 2 is 1.94 bits per heavy atom. The maximum atomic E-state index is 9.53. The molecule has 18 heavy (non-hydrogen) atoms. The summed E-state index contributed by atoms with van der Waals surface area (Å²) in [5.41, 5.74) is 1.31. The molecule has 0 saturated carbocycles. The highest BCUT2D eigenvalue weighted by Gasteiger charge is 2.43. The molecule has 0 saturated heterocycles. The van der Waals surface area contributed by atoms with Crippen LogP contribution in [0.15, 0.2) is 24.3 Å². The van der Waals surface area contributed by atoms with Crippen molar-refractivity contribution >= 4 is 0 Å². The lowest BCUT2D eigenvalue weighted by molar-refractivity contribution is -0.0392. The van der Waals surface area contributed by atoms with Crippen LogP contribution >= 0.6 is 0 Å². The third-order valence-corrected chi connectivity index (χ3v) is 3.81. The van der Waals surface area contributed by atoms with Crippen molar-refractivity contribution in [1.82, 2.24) is 0 Å². The smallest absolute Gasteiger partial charge is 0.179 e. The van der Waals surface area contributed by atoms with Gasteiger partial charge in [0.2, 0.25) is 0 Å². The molecular weight excluding hydrogens is 226 g/mol. The first-order valence-electron chi connectivity index (χ1n) is 6.32. The van der Waals surface area contributed by atoms with E-state index in [0.717, 1.165) is 12.0 Å². The first-order chi connectivity index (χ1) is 8.56. The number of rotatable bonds is 3. The first-order valence-corrected chi connectivity index (χ1v) is 6.32. The van der Waals surface area contributed by atoms with Crippen LogP contribution in [0.3, 0.4) is 0 Å².